The van der Waals surface area contributed by atoms with Crippen LogP contribution in [0.25, 0.3) is 0 Å². The van der Waals surface area contributed by atoms with Gasteiger partial charge in [-0.1, -0.05) is 0 Å². The topological polar surface area (TPSA) is 161 Å². The number of ether oxygens (including phenoxy) is 3. The predicted octanol–water partition coefficient (Wildman–Crippen LogP) is 2.13. The van der Waals surface area contributed by atoms with Crippen LogP contribution in [0.4, 0.5) is 0 Å². The number of aromatic nitrogens is 2. The molecule has 0 radical (unpaired) electrons. The predicted molar refractivity (Wildman–Crippen MR) is 127 cm³/mol. The first-order chi connectivity index (χ1) is 16.8. The van der Waals surface area contributed by atoms with Crippen molar-refractivity contribution in [3.05, 3.63) is 33.1 Å². The molecule has 0 spiro atoms. The lowest BCUT2D eigenvalue weighted by Crippen LogP contribution is -2.41. The molecule has 4 atom stereocenters. The Hall–Kier alpha value is -2.02. The van der Waals surface area contributed by atoms with Crippen LogP contribution in [-0.4, -0.2) is 65.0 Å². The summed E-state index contributed by atoms with van der Waals surface area (Å²) in [5.74, 6) is -2.98. The Morgan fingerprint density at radius 1 is 1.19 bits per heavy atom. The number of hydrogen-bond acceptors (Lipinski definition) is 11. The van der Waals surface area contributed by atoms with Gasteiger partial charge in [-0.05, 0) is 41.0 Å². The Balaban J connectivity index is 1.97. The number of H-pyrrole nitrogens is 1. The lowest BCUT2D eigenvalue weighted by Gasteiger charge is -2.35. The third-order valence-electron chi connectivity index (χ3n) is 4.77. The van der Waals surface area contributed by atoms with Crippen molar-refractivity contribution in [2.45, 2.75) is 71.7 Å². The van der Waals surface area contributed by atoms with Gasteiger partial charge in [-0.3, -0.25) is 37.5 Å². The van der Waals surface area contributed by atoms with Crippen LogP contribution in [0, 0.1) is 5.92 Å². The second kappa shape index (κ2) is 13.5. The number of rotatable bonds is 12. The molecule has 0 saturated carbocycles. The van der Waals surface area contributed by atoms with E-state index in [4.69, 9.17) is 39.4 Å². The quantitative estimate of drug-likeness (QED) is 0.174. The van der Waals surface area contributed by atoms with E-state index in [1.807, 2.05) is 0 Å². The standard InChI is InChI=1S/C21H32ClN2O11P/c1-12(2)32-19(26)15(20(27)33-13(3)4)7-9-30-36(29)31-11-16(14(5)35-36)34-18(10-22)24-8-6-17(25)23-21(24)28/h6,8,12-16,18H,7,9-11H2,1-5H3,(H,23,25,28)/t14-,16+,18+,36?/m0/s1. The maximum absolute atomic E-state index is 12.9. The second-order valence-corrected chi connectivity index (χ2v) is 10.4. The van der Waals surface area contributed by atoms with E-state index in [0.29, 0.717) is 0 Å². The average molecular weight is 555 g/mol. The Morgan fingerprint density at radius 3 is 2.31 bits per heavy atom. The molecule has 0 bridgehead atoms. The summed E-state index contributed by atoms with van der Waals surface area (Å²) in [6, 6.07) is 1.14. The molecule has 0 aliphatic carbocycles. The van der Waals surface area contributed by atoms with Crippen molar-refractivity contribution in [2.75, 3.05) is 19.1 Å². The lowest BCUT2D eigenvalue weighted by molar-refractivity contribution is -0.167. The summed E-state index contributed by atoms with van der Waals surface area (Å²) >= 11 is 5.94. The van der Waals surface area contributed by atoms with Gasteiger partial charge in [0.05, 0.1) is 37.4 Å². The van der Waals surface area contributed by atoms with E-state index in [9.17, 15) is 23.7 Å². The minimum absolute atomic E-state index is 0.135. The number of hydrogen-bond donors (Lipinski definition) is 1. The number of halogens is 1. The van der Waals surface area contributed by atoms with E-state index < -0.39 is 67.6 Å². The molecule has 2 heterocycles. The summed E-state index contributed by atoms with van der Waals surface area (Å²) in [5, 5.41) is 0. The Morgan fingerprint density at radius 2 is 1.81 bits per heavy atom. The fourth-order valence-electron chi connectivity index (χ4n) is 3.10. The van der Waals surface area contributed by atoms with Crippen LogP contribution in [0.15, 0.2) is 21.9 Å². The monoisotopic (exact) mass is 554 g/mol. The van der Waals surface area contributed by atoms with Crippen LogP contribution < -0.4 is 11.2 Å². The second-order valence-electron chi connectivity index (χ2n) is 8.50. The van der Waals surface area contributed by atoms with Crippen molar-refractivity contribution in [3.63, 3.8) is 0 Å². The molecule has 1 unspecified atom stereocenters. The van der Waals surface area contributed by atoms with Crippen LogP contribution in [-0.2, 0) is 41.9 Å². The minimum atomic E-state index is -4.05. The van der Waals surface area contributed by atoms with Crippen molar-refractivity contribution in [3.8, 4) is 0 Å². The van der Waals surface area contributed by atoms with Gasteiger partial charge in [0.15, 0.2) is 12.1 Å². The van der Waals surface area contributed by atoms with Gasteiger partial charge in [0, 0.05) is 12.3 Å². The highest BCUT2D eigenvalue weighted by Gasteiger charge is 2.41. The molecule has 2 rings (SSSR count). The summed E-state index contributed by atoms with van der Waals surface area (Å²) in [6.07, 6.45) is -2.38. The lowest BCUT2D eigenvalue weighted by atomic mass is 10.1. The van der Waals surface area contributed by atoms with Crippen LogP contribution in [0.5, 0.6) is 0 Å². The number of nitrogens with one attached hydrogen (secondary N) is 1. The zero-order valence-electron chi connectivity index (χ0n) is 20.7. The van der Waals surface area contributed by atoms with E-state index >= 15 is 0 Å². The summed E-state index contributed by atoms with van der Waals surface area (Å²) in [6.45, 7) is 7.59. The van der Waals surface area contributed by atoms with E-state index in [1.165, 1.54) is 6.20 Å². The van der Waals surface area contributed by atoms with E-state index in [0.717, 1.165) is 10.6 Å². The molecule has 1 aliphatic rings. The first-order valence-corrected chi connectivity index (χ1v) is 13.4. The number of esters is 2. The molecule has 15 heteroatoms. The Labute approximate surface area is 212 Å². The van der Waals surface area contributed by atoms with Crippen molar-refractivity contribution in [2.24, 2.45) is 5.92 Å². The molecule has 0 aromatic carbocycles. The normalized spacial score (nSPS) is 23.1. The molecule has 36 heavy (non-hydrogen) atoms. The van der Waals surface area contributed by atoms with Crippen LogP contribution in [0.2, 0.25) is 0 Å². The summed E-state index contributed by atoms with van der Waals surface area (Å²) < 4.78 is 46.0. The van der Waals surface area contributed by atoms with Gasteiger partial charge in [-0.25, -0.2) is 9.36 Å². The van der Waals surface area contributed by atoms with E-state index in [2.05, 4.69) is 4.98 Å². The van der Waals surface area contributed by atoms with Crippen molar-refractivity contribution >= 4 is 31.4 Å². The zero-order valence-corrected chi connectivity index (χ0v) is 22.4. The van der Waals surface area contributed by atoms with Crippen molar-refractivity contribution in [1.82, 2.24) is 9.55 Å². The Bertz CT molecular complexity index is 1030. The number of nitrogens with zero attached hydrogens (tertiary/aromatic N) is 1. The van der Waals surface area contributed by atoms with E-state index in [-0.39, 0.29) is 25.5 Å². The van der Waals surface area contributed by atoms with Gasteiger partial charge in [-0.2, -0.15) is 0 Å². The smallest absolute Gasteiger partial charge is 0.462 e. The molecule has 13 nitrogen and oxygen atoms in total. The van der Waals surface area contributed by atoms with Gasteiger partial charge < -0.3 is 14.2 Å². The van der Waals surface area contributed by atoms with Crippen LogP contribution >= 0.6 is 19.4 Å². The molecule has 1 N–H and O–H groups in total. The fraction of sp³-hybridized carbons (Fsp3) is 0.714. The largest absolute Gasteiger partial charge is 0.475 e. The molecule has 1 aromatic heterocycles. The number of carbonyl (C=O) groups is 2. The van der Waals surface area contributed by atoms with Crippen molar-refractivity contribution in [1.29, 1.82) is 0 Å². The third-order valence-corrected chi connectivity index (χ3v) is 6.59. The van der Waals surface area contributed by atoms with Gasteiger partial charge in [0.25, 0.3) is 5.56 Å². The minimum Gasteiger partial charge on any atom is -0.462 e. The highest BCUT2D eigenvalue weighted by molar-refractivity contribution is 7.48. The zero-order chi connectivity index (χ0) is 27.0. The van der Waals surface area contributed by atoms with Gasteiger partial charge in [0.1, 0.15) is 6.10 Å². The number of aromatic amines is 1. The fourth-order valence-corrected chi connectivity index (χ4v) is 4.71. The summed E-state index contributed by atoms with van der Waals surface area (Å²) in [7, 11) is -4.05. The number of phosphoric acid groups is 1. The highest BCUT2D eigenvalue weighted by atomic mass is 35.5. The number of phosphoric ester groups is 1. The van der Waals surface area contributed by atoms with Crippen molar-refractivity contribution < 1.29 is 41.9 Å². The average Bonchev–Trinajstić information content (AvgIpc) is 2.76. The van der Waals surface area contributed by atoms with Gasteiger partial charge in [0.2, 0.25) is 0 Å². The molecule has 1 saturated heterocycles. The molecular weight excluding hydrogens is 523 g/mol. The van der Waals surface area contributed by atoms with Crippen LogP contribution in [0.1, 0.15) is 47.3 Å². The molecular formula is C21H32ClN2O11P. The summed E-state index contributed by atoms with van der Waals surface area (Å²) in [5.41, 5.74) is -1.29. The highest BCUT2D eigenvalue weighted by Crippen LogP contribution is 2.54. The maximum atomic E-state index is 12.9. The molecule has 1 aliphatic heterocycles. The third kappa shape index (κ3) is 8.82. The van der Waals surface area contributed by atoms with Gasteiger partial charge >= 0.3 is 25.5 Å². The SMILES string of the molecule is CC(C)OC(=O)C(CCOP1(=O)OC[C@@H](O[C@H](CCl)n2ccc(=O)[nH]c2=O)[C@H](C)O1)C(=O)OC(C)C. The van der Waals surface area contributed by atoms with Gasteiger partial charge in [-0.15, -0.1) is 11.6 Å². The first-order valence-electron chi connectivity index (χ1n) is 11.4. The molecule has 204 valence electrons. The Kier molecular flexibility index (Phi) is 11.3. The molecule has 1 fully saturated rings. The summed E-state index contributed by atoms with van der Waals surface area (Å²) in [4.78, 5) is 50.1. The maximum Gasteiger partial charge on any atom is 0.475 e. The van der Waals surface area contributed by atoms with Crippen LogP contribution in [0.3, 0.4) is 0 Å². The van der Waals surface area contributed by atoms with E-state index in [1.54, 1.807) is 34.6 Å². The first kappa shape index (κ1) is 30.2. The molecule has 0 amide bonds. The number of alkyl halides is 1. The number of carbonyl (C=O) groups excluding carboxylic acids is 2. The molecule has 1 aromatic rings.